The van der Waals surface area contributed by atoms with Gasteiger partial charge < -0.3 is 57.5 Å². The summed E-state index contributed by atoms with van der Waals surface area (Å²) in [5.74, 6) is -2.66. The molecular weight excluding hydrogens is 1040 g/mol. The zero-order valence-corrected chi connectivity index (χ0v) is 48.9. The Morgan fingerprint density at radius 1 is 0.432 bits per heavy atom. The quantitative estimate of drug-likeness (QED) is 0.0282. The molecule has 1 saturated heterocycles. The van der Waals surface area contributed by atoms with E-state index < -0.39 is 29.2 Å². The number of carbonyl (C=O) groups is 6. The lowest BCUT2D eigenvalue weighted by molar-refractivity contribution is -0.198. The number of nitrogens with one attached hydrogen (secondary N) is 1. The molecule has 0 aromatic heterocycles. The number of hydroxylamine groups is 2. The number of nitrogens with zero attached hydrogens (tertiary/aromatic N) is 1. The van der Waals surface area contributed by atoms with E-state index in [-0.39, 0.29) is 64.1 Å². The average molecular weight is 1140 g/mol. The minimum Gasteiger partial charge on any atom is -0.461 e. The molecule has 19 nitrogen and oxygen atoms in total. The SMILES string of the molecule is CCCCCCCCCCCC(CCCCCCCCCCC(=O)OCc1ccccc1)(C(=O)NCCOCCOCCOCCOCCOCCOCCOCCOCCC(=O)ON1C(=O)CCC1=O)C(=O)OCc1ccccc1. The van der Waals surface area contributed by atoms with Crippen molar-refractivity contribution in [3.05, 3.63) is 71.8 Å². The van der Waals surface area contributed by atoms with Gasteiger partial charge in [-0.15, -0.1) is 5.06 Å². The molecule has 1 atom stereocenters. The topological polar surface area (TPSA) is 219 Å². The van der Waals surface area contributed by atoms with Crippen LogP contribution in [0.5, 0.6) is 0 Å². The van der Waals surface area contributed by atoms with E-state index in [9.17, 15) is 28.8 Å². The number of hydrogen-bond acceptors (Lipinski definition) is 17. The van der Waals surface area contributed by atoms with Gasteiger partial charge in [0.2, 0.25) is 5.91 Å². The van der Waals surface area contributed by atoms with Gasteiger partial charge in [-0.2, -0.15) is 0 Å². The van der Waals surface area contributed by atoms with Gasteiger partial charge in [-0.25, -0.2) is 4.79 Å². The molecule has 0 aliphatic carbocycles. The van der Waals surface area contributed by atoms with Crippen molar-refractivity contribution < 1.29 is 81.0 Å². The van der Waals surface area contributed by atoms with Crippen molar-refractivity contribution >= 4 is 35.6 Å². The highest BCUT2D eigenvalue weighted by Crippen LogP contribution is 2.35. The van der Waals surface area contributed by atoms with Gasteiger partial charge >= 0.3 is 17.9 Å². The predicted octanol–water partition coefficient (Wildman–Crippen LogP) is 9.53. The molecule has 3 amide bonds. The Kier molecular flexibility index (Phi) is 42.3. The van der Waals surface area contributed by atoms with Gasteiger partial charge in [0.1, 0.15) is 18.6 Å². The molecule has 458 valence electrons. The van der Waals surface area contributed by atoms with Crippen molar-refractivity contribution in [2.45, 2.75) is 168 Å². The number of esters is 2. The van der Waals surface area contributed by atoms with E-state index in [4.69, 9.17) is 52.2 Å². The molecule has 1 heterocycles. The Morgan fingerprint density at radius 2 is 0.802 bits per heavy atom. The highest BCUT2D eigenvalue weighted by atomic mass is 16.7. The zero-order valence-electron chi connectivity index (χ0n) is 48.9. The van der Waals surface area contributed by atoms with Gasteiger partial charge in [0, 0.05) is 25.8 Å². The molecule has 2 aromatic rings. The van der Waals surface area contributed by atoms with Crippen LogP contribution in [0.4, 0.5) is 0 Å². The Bertz CT molecular complexity index is 1910. The largest absolute Gasteiger partial charge is 0.461 e. The number of imide groups is 1. The van der Waals surface area contributed by atoms with Crippen LogP contribution in [-0.4, -0.2) is 153 Å². The van der Waals surface area contributed by atoms with E-state index in [2.05, 4.69) is 12.2 Å². The lowest BCUT2D eigenvalue weighted by atomic mass is 9.76. The molecule has 1 unspecified atom stereocenters. The summed E-state index contributed by atoms with van der Waals surface area (Å²) in [6.45, 7) is 8.64. The van der Waals surface area contributed by atoms with Gasteiger partial charge in [-0.05, 0) is 30.4 Å². The Balaban J connectivity index is 1.23. The first-order valence-corrected chi connectivity index (χ1v) is 30.1. The second-order valence-electron chi connectivity index (χ2n) is 20.1. The van der Waals surface area contributed by atoms with E-state index in [1.807, 2.05) is 60.7 Å². The van der Waals surface area contributed by atoms with Crippen molar-refractivity contribution in [2.75, 3.05) is 112 Å². The Morgan fingerprint density at radius 3 is 1.23 bits per heavy atom. The van der Waals surface area contributed by atoms with Crippen LogP contribution >= 0.6 is 0 Å². The molecule has 0 spiro atoms. The van der Waals surface area contributed by atoms with Crippen LogP contribution in [0, 0.1) is 5.41 Å². The minimum atomic E-state index is -1.30. The first-order chi connectivity index (χ1) is 39.7. The average Bonchev–Trinajstić information content (AvgIpc) is 3.83. The lowest BCUT2D eigenvalue weighted by Gasteiger charge is -2.31. The number of ether oxygens (including phenoxy) is 10. The minimum absolute atomic E-state index is 0.0477. The summed E-state index contributed by atoms with van der Waals surface area (Å²) >= 11 is 0. The molecule has 0 saturated carbocycles. The summed E-state index contributed by atoms with van der Waals surface area (Å²) in [5.41, 5.74) is 0.570. The summed E-state index contributed by atoms with van der Waals surface area (Å²) in [5, 5.41) is 3.57. The Labute approximate surface area is 482 Å². The summed E-state index contributed by atoms with van der Waals surface area (Å²) in [6, 6.07) is 19.3. The maximum absolute atomic E-state index is 14.3. The maximum atomic E-state index is 14.3. The summed E-state index contributed by atoms with van der Waals surface area (Å²) in [4.78, 5) is 80.3. The standard InChI is InChI=1S/C62H98N2O17/c1-2-3-4-5-6-8-11-14-23-33-62(61(70)80-53-55-27-20-17-21-28-55,34-24-15-12-9-7-10-13-22-29-58(67)79-52-54-25-18-16-19-26-54)60(69)63-35-37-72-39-41-74-43-45-76-47-49-78-51-50-77-48-46-75-44-42-73-40-38-71-36-32-59(68)81-64-56(65)30-31-57(64)66/h16-21,25-28H,2-15,22-24,29-53H2,1H3,(H,63,69). The molecule has 81 heavy (non-hydrogen) atoms. The van der Waals surface area contributed by atoms with E-state index >= 15 is 0 Å². The number of hydrogen-bond donors (Lipinski definition) is 1. The van der Waals surface area contributed by atoms with Crippen molar-refractivity contribution in [1.82, 2.24) is 10.4 Å². The number of amides is 3. The normalized spacial score (nSPS) is 13.1. The number of benzene rings is 2. The van der Waals surface area contributed by atoms with Crippen LogP contribution in [0.15, 0.2) is 60.7 Å². The molecule has 1 aliphatic heterocycles. The van der Waals surface area contributed by atoms with Crippen molar-refractivity contribution in [2.24, 2.45) is 5.41 Å². The van der Waals surface area contributed by atoms with Gasteiger partial charge in [-0.1, -0.05) is 170 Å². The van der Waals surface area contributed by atoms with Gasteiger partial charge in [0.05, 0.1) is 112 Å². The smallest absolute Gasteiger partial charge is 0.335 e. The van der Waals surface area contributed by atoms with E-state index in [0.29, 0.717) is 117 Å². The second-order valence-corrected chi connectivity index (χ2v) is 20.1. The van der Waals surface area contributed by atoms with E-state index in [0.717, 1.165) is 88.2 Å². The highest BCUT2D eigenvalue weighted by Gasteiger charge is 2.46. The molecule has 3 rings (SSSR count). The summed E-state index contributed by atoms with van der Waals surface area (Å²) < 4.78 is 55.8. The third-order valence-electron chi connectivity index (χ3n) is 13.5. The van der Waals surface area contributed by atoms with E-state index in [1.165, 1.54) is 32.1 Å². The lowest BCUT2D eigenvalue weighted by Crippen LogP contribution is -2.48. The van der Waals surface area contributed by atoms with Crippen molar-refractivity contribution in [1.29, 1.82) is 0 Å². The van der Waals surface area contributed by atoms with Crippen LogP contribution in [0.1, 0.15) is 166 Å². The molecule has 1 aliphatic rings. The van der Waals surface area contributed by atoms with Crippen LogP contribution in [-0.2, 0) is 94.2 Å². The highest BCUT2D eigenvalue weighted by molar-refractivity contribution is 6.03. The van der Waals surface area contributed by atoms with Gasteiger partial charge in [0.25, 0.3) is 11.8 Å². The number of rotatable bonds is 55. The third kappa shape index (κ3) is 35.7. The van der Waals surface area contributed by atoms with Gasteiger partial charge in [0.15, 0.2) is 0 Å². The molecule has 19 heteroatoms. The number of unbranched alkanes of at least 4 members (excludes halogenated alkanes) is 15. The molecular formula is C62H98N2O17. The summed E-state index contributed by atoms with van der Waals surface area (Å²) in [6.07, 6.45) is 19.1. The zero-order chi connectivity index (χ0) is 58.0. The molecule has 1 fully saturated rings. The van der Waals surface area contributed by atoms with Crippen molar-refractivity contribution in [3.63, 3.8) is 0 Å². The van der Waals surface area contributed by atoms with Crippen LogP contribution in [0.3, 0.4) is 0 Å². The predicted molar refractivity (Wildman–Crippen MR) is 304 cm³/mol. The molecule has 0 bridgehead atoms. The first-order valence-electron chi connectivity index (χ1n) is 30.1. The fourth-order valence-corrected chi connectivity index (χ4v) is 8.82. The molecule has 1 N–H and O–H groups in total. The van der Waals surface area contributed by atoms with Crippen LogP contribution in [0.25, 0.3) is 0 Å². The van der Waals surface area contributed by atoms with Crippen LogP contribution < -0.4 is 5.32 Å². The second kappa shape index (κ2) is 48.6. The van der Waals surface area contributed by atoms with Crippen molar-refractivity contribution in [3.8, 4) is 0 Å². The molecule has 2 aromatic carbocycles. The van der Waals surface area contributed by atoms with Crippen LogP contribution in [0.2, 0.25) is 0 Å². The fraction of sp³-hybridized carbons (Fsp3) is 0.710. The third-order valence-corrected chi connectivity index (χ3v) is 13.5. The maximum Gasteiger partial charge on any atom is 0.335 e. The first kappa shape index (κ1) is 70.4. The summed E-state index contributed by atoms with van der Waals surface area (Å²) in [7, 11) is 0. The molecule has 0 radical (unpaired) electrons. The monoisotopic (exact) mass is 1140 g/mol. The van der Waals surface area contributed by atoms with E-state index in [1.54, 1.807) is 0 Å². The fourth-order valence-electron chi connectivity index (χ4n) is 8.82. The Hall–Kier alpha value is -4.86. The number of carbonyl (C=O) groups excluding carboxylic acids is 6. The van der Waals surface area contributed by atoms with Gasteiger partial charge in [-0.3, -0.25) is 24.0 Å².